The fraction of sp³-hybridized carbons (Fsp3) is 0.167. The third-order valence-corrected chi connectivity index (χ3v) is 5.41. The number of esters is 1. The molecule has 0 radical (unpaired) electrons. The highest BCUT2D eigenvalue weighted by Gasteiger charge is 2.69. The molecule has 0 amide bonds. The van der Waals surface area contributed by atoms with Crippen LogP contribution >= 0.6 is 0 Å². The standard InChI is InChI=1S/C24H16F5NO4/c25-23(24(26,27)28,30(29)15-8-2-1-3-9-15)21(31)34-22(32)33-14-20-18-12-6-4-10-16(18)17-11-5-7-13-19(17)20/h1-13,20H,14H2/t23-/m1/s1. The van der Waals surface area contributed by atoms with E-state index in [1.807, 2.05) is 24.3 Å². The van der Waals surface area contributed by atoms with Crippen molar-refractivity contribution in [2.75, 3.05) is 11.7 Å². The summed E-state index contributed by atoms with van der Waals surface area (Å²) in [7, 11) is 0. The van der Waals surface area contributed by atoms with Crippen LogP contribution in [0.25, 0.3) is 11.1 Å². The number of ether oxygens (including phenoxy) is 2. The minimum Gasteiger partial charge on any atom is -0.433 e. The lowest BCUT2D eigenvalue weighted by molar-refractivity contribution is -0.244. The zero-order chi connectivity index (χ0) is 24.5. The summed E-state index contributed by atoms with van der Waals surface area (Å²) < 4.78 is 78.2. The van der Waals surface area contributed by atoms with Crippen molar-refractivity contribution >= 4 is 17.8 Å². The number of para-hydroxylation sites is 1. The maximum absolute atomic E-state index is 14.8. The van der Waals surface area contributed by atoms with Crippen LogP contribution in [0.1, 0.15) is 17.0 Å². The number of rotatable bonds is 5. The van der Waals surface area contributed by atoms with Crippen LogP contribution < -0.4 is 5.12 Å². The van der Waals surface area contributed by atoms with Crippen LogP contribution in [0, 0.1) is 0 Å². The van der Waals surface area contributed by atoms with Crippen molar-refractivity contribution in [1.82, 2.24) is 0 Å². The van der Waals surface area contributed by atoms with Crippen LogP contribution in [-0.4, -0.2) is 30.7 Å². The maximum Gasteiger partial charge on any atom is 0.516 e. The number of anilines is 1. The Bertz CT molecular complexity index is 1170. The molecule has 1 aliphatic carbocycles. The zero-order valence-corrected chi connectivity index (χ0v) is 17.3. The lowest BCUT2D eigenvalue weighted by Gasteiger charge is -2.30. The van der Waals surface area contributed by atoms with Crippen LogP contribution in [0.5, 0.6) is 0 Å². The highest BCUT2D eigenvalue weighted by atomic mass is 19.4. The van der Waals surface area contributed by atoms with E-state index in [9.17, 15) is 31.6 Å². The first-order chi connectivity index (χ1) is 16.1. The first-order valence-electron chi connectivity index (χ1n) is 9.98. The van der Waals surface area contributed by atoms with Gasteiger partial charge in [-0.15, -0.1) is 0 Å². The van der Waals surface area contributed by atoms with E-state index in [1.54, 1.807) is 24.3 Å². The number of carbonyl (C=O) groups is 2. The first kappa shape index (κ1) is 23.2. The topological polar surface area (TPSA) is 55.8 Å². The molecule has 1 atom stereocenters. The van der Waals surface area contributed by atoms with Crippen LogP contribution in [0.15, 0.2) is 78.9 Å². The number of fused-ring (bicyclic) bond motifs is 3. The van der Waals surface area contributed by atoms with Gasteiger partial charge in [-0.3, -0.25) is 0 Å². The Hall–Kier alpha value is -3.95. The Morgan fingerprint density at radius 1 is 0.794 bits per heavy atom. The van der Waals surface area contributed by atoms with Gasteiger partial charge in [0.25, 0.3) is 0 Å². The van der Waals surface area contributed by atoms with Gasteiger partial charge >= 0.3 is 24.1 Å². The van der Waals surface area contributed by atoms with Gasteiger partial charge < -0.3 is 9.47 Å². The van der Waals surface area contributed by atoms with Gasteiger partial charge in [0.1, 0.15) is 6.61 Å². The highest BCUT2D eigenvalue weighted by Crippen LogP contribution is 2.45. The Morgan fingerprint density at radius 2 is 1.29 bits per heavy atom. The second-order valence-electron chi connectivity index (χ2n) is 7.41. The summed E-state index contributed by atoms with van der Waals surface area (Å²) in [5.41, 5.74) is 2.43. The molecule has 0 saturated carbocycles. The second-order valence-corrected chi connectivity index (χ2v) is 7.41. The number of halogens is 5. The van der Waals surface area contributed by atoms with Gasteiger partial charge in [0, 0.05) is 5.92 Å². The van der Waals surface area contributed by atoms with Gasteiger partial charge in [0.15, 0.2) is 0 Å². The van der Waals surface area contributed by atoms with E-state index in [2.05, 4.69) is 4.74 Å². The number of hydrogen-bond acceptors (Lipinski definition) is 5. The number of carbonyl (C=O) groups excluding carboxylic acids is 2. The van der Waals surface area contributed by atoms with Gasteiger partial charge in [0.05, 0.1) is 5.69 Å². The predicted molar refractivity (Wildman–Crippen MR) is 111 cm³/mol. The predicted octanol–water partition coefficient (Wildman–Crippen LogP) is 6.10. The Kier molecular flexibility index (Phi) is 5.99. The van der Waals surface area contributed by atoms with Crippen LogP contribution in [0.3, 0.4) is 0 Å². The number of hydrogen-bond donors (Lipinski definition) is 0. The minimum absolute atomic E-state index is 0.399. The third kappa shape index (κ3) is 3.95. The largest absolute Gasteiger partial charge is 0.516 e. The van der Waals surface area contributed by atoms with Crippen LogP contribution in [0.2, 0.25) is 0 Å². The van der Waals surface area contributed by atoms with Gasteiger partial charge in [-0.1, -0.05) is 71.2 Å². The van der Waals surface area contributed by atoms with Crippen molar-refractivity contribution in [3.8, 4) is 11.1 Å². The van der Waals surface area contributed by atoms with Crippen molar-refractivity contribution in [2.45, 2.75) is 17.9 Å². The summed E-state index contributed by atoms with van der Waals surface area (Å²) in [5, 5.41) is -1.44. The molecular formula is C24H16F5NO4. The molecule has 3 aromatic carbocycles. The molecule has 5 nitrogen and oxygen atoms in total. The summed E-state index contributed by atoms with van der Waals surface area (Å²) >= 11 is 0. The lowest BCUT2D eigenvalue weighted by atomic mass is 9.98. The molecule has 0 N–H and O–H groups in total. The molecule has 10 heteroatoms. The minimum atomic E-state index is -6.07. The Balaban J connectivity index is 1.50. The summed E-state index contributed by atoms with van der Waals surface area (Å²) in [6.45, 7) is -0.399. The second kappa shape index (κ2) is 8.77. The molecule has 0 saturated heterocycles. The maximum atomic E-state index is 14.8. The monoisotopic (exact) mass is 477 g/mol. The number of alkyl halides is 4. The summed E-state index contributed by atoms with van der Waals surface area (Å²) in [6.07, 6.45) is -7.96. The fourth-order valence-corrected chi connectivity index (χ4v) is 3.81. The van der Waals surface area contributed by atoms with E-state index in [4.69, 9.17) is 4.74 Å². The molecule has 3 aromatic rings. The molecule has 0 bridgehead atoms. The van der Waals surface area contributed by atoms with Gasteiger partial charge in [0.2, 0.25) is 0 Å². The molecule has 176 valence electrons. The van der Waals surface area contributed by atoms with E-state index < -0.39 is 47.4 Å². The van der Waals surface area contributed by atoms with Crippen LogP contribution in [-0.2, 0) is 14.3 Å². The van der Waals surface area contributed by atoms with Crippen molar-refractivity contribution in [3.05, 3.63) is 90.0 Å². The van der Waals surface area contributed by atoms with Crippen molar-refractivity contribution in [2.24, 2.45) is 0 Å². The quantitative estimate of drug-likeness (QED) is 0.146. The van der Waals surface area contributed by atoms with Gasteiger partial charge in [-0.25, -0.2) is 9.59 Å². The average molecular weight is 477 g/mol. The van der Waals surface area contributed by atoms with Gasteiger partial charge in [-0.05, 0) is 34.4 Å². The van der Waals surface area contributed by atoms with Gasteiger partial charge in [-0.2, -0.15) is 22.7 Å². The fourth-order valence-electron chi connectivity index (χ4n) is 3.81. The lowest BCUT2D eigenvalue weighted by Crippen LogP contribution is -2.59. The molecule has 4 rings (SSSR count). The normalized spacial score (nSPS) is 14.5. The Morgan fingerprint density at radius 3 is 1.82 bits per heavy atom. The third-order valence-electron chi connectivity index (χ3n) is 5.41. The number of benzene rings is 3. The van der Waals surface area contributed by atoms with E-state index in [1.165, 1.54) is 6.07 Å². The zero-order valence-electron chi connectivity index (χ0n) is 17.3. The van der Waals surface area contributed by atoms with E-state index in [0.717, 1.165) is 46.5 Å². The van der Waals surface area contributed by atoms with Crippen molar-refractivity contribution in [3.63, 3.8) is 0 Å². The molecule has 0 unspecified atom stereocenters. The molecule has 34 heavy (non-hydrogen) atoms. The molecule has 0 aliphatic heterocycles. The summed E-state index contributed by atoms with van der Waals surface area (Å²) in [5.74, 6) is -8.58. The first-order valence-corrected chi connectivity index (χ1v) is 9.98. The molecular weight excluding hydrogens is 461 g/mol. The van der Waals surface area contributed by atoms with Crippen molar-refractivity contribution < 1.29 is 41.1 Å². The molecule has 0 fully saturated rings. The van der Waals surface area contributed by atoms with E-state index in [-0.39, 0.29) is 0 Å². The summed E-state index contributed by atoms with van der Waals surface area (Å²) in [4.78, 5) is 24.1. The molecule has 0 spiro atoms. The average Bonchev–Trinajstić information content (AvgIpc) is 3.15. The SMILES string of the molecule is O=C(OCC1c2ccccc2-c2ccccc21)OC(=O)[C@@](F)(N(F)c1ccccc1)C(F)(F)F. The smallest absolute Gasteiger partial charge is 0.433 e. The van der Waals surface area contributed by atoms with E-state index >= 15 is 0 Å². The molecule has 1 aliphatic rings. The molecule has 0 heterocycles. The van der Waals surface area contributed by atoms with Crippen molar-refractivity contribution in [1.29, 1.82) is 0 Å². The van der Waals surface area contributed by atoms with E-state index in [0.29, 0.717) is 0 Å². The number of nitrogens with zero attached hydrogens (tertiary/aromatic N) is 1. The van der Waals surface area contributed by atoms with Crippen LogP contribution in [0.4, 0.5) is 32.5 Å². The molecule has 0 aromatic heterocycles. The summed E-state index contributed by atoms with van der Waals surface area (Å²) in [6, 6.07) is 19.7. The highest BCUT2D eigenvalue weighted by molar-refractivity contribution is 5.91. The Labute approximate surface area is 190 Å².